The molecule has 1 atom stereocenters. The molecule has 4 nitrogen and oxygen atoms in total. The van der Waals surface area contributed by atoms with E-state index in [-0.39, 0.29) is 11.7 Å². The smallest absolute Gasteiger partial charge is 0.292 e. The van der Waals surface area contributed by atoms with Gasteiger partial charge in [-0.25, -0.2) is 0 Å². The molecular weight excluding hydrogens is 192 g/mol. The molecule has 0 saturated carbocycles. The molecule has 0 fully saturated rings. The minimum atomic E-state index is -0.425. The van der Waals surface area contributed by atoms with Crippen molar-refractivity contribution in [1.82, 2.24) is 0 Å². The molecule has 0 aliphatic heterocycles. The van der Waals surface area contributed by atoms with Crippen molar-refractivity contribution in [1.29, 1.82) is 0 Å². The lowest BCUT2D eigenvalue weighted by molar-refractivity contribution is -0.384. The van der Waals surface area contributed by atoms with Gasteiger partial charge in [0.2, 0.25) is 0 Å². The highest BCUT2D eigenvalue weighted by atomic mass is 16.6. The van der Waals surface area contributed by atoms with Crippen LogP contribution in [0.3, 0.4) is 0 Å². The number of nitro groups is 1. The number of benzene rings is 1. The number of anilines is 1. The lowest BCUT2D eigenvalue weighted by atomic mass is 10.2. The second kappa shape index (κ2) is 5.01. The van der Waals surface area contributed by atoms with E-state index in [4.69, 9.17) is 6.42 Å². The van der Waals surface area contributed by atoms with Gasteiger partial charge in [0.25, 0.3) is 5.69 Å². The van der Waals surface area contributed by atoms with Crippen LogP contribution >= 0.6 is 0 Å². The minimum absolute atomic E-state index is 0.0474. The number of rotatable bonds is 4. The average Bonchev–Trinajstić information content (AvgIpc) is 2.26. The van der Waals surface area contributed by atoms with Crippen LogP contribution in [0.4, 0.5) is 11.4 Å². The maximum Gasteiger partial charge on any atom is 0.292 e. The van der Waals surface area contributed by atoms with Gasteiger partial charge in [-0.3, -0.25) is 10.1 Å². The number of nitrogens with zero attached hydrogens (tertiary/aromatic N) is 1. The largest absolute Gasteiger partial charge is 0.366 e. The average molecular weight is 204 g/mol. The zero-order chi connectivity index (χ0) is 11.3. The number of nitrogens with one attached hydrogen (secondary N) is 1. The summed E-state index contributed by atoms with van der Waals surface area (Å²) in [5.74, 6) is 2.53. The summed E-state index contributed by atoms with van der Waals surface area (Å²) in [7, 11) is 0. The highest BCUT2D eigenvalue weighted by molar-refractivity contribution is 5.62. The number of nitro benzene ring substituents is 1. The van der Waals surface area contributed by atoms with Crippen molar-refractivity contribution in [3.8, 4) is 12.3 Å². The Bertz CT molecular complexity index is 396. The third kappa shape index (κ3) is 2.71. The summed E-state index contributed by atoms with van der Waals surface area (Å²) < 4.78 is 0. The van der Waals surface area contributed by atoms with Gasteiger partial charge in [-0.15, -0.1) is 6.42 Å². The third-order valence-corrected chi connectivity index (χ3v) is 2.04. The number of terminal acetylenes is 1. The van der Waals surface area contributed by atoms with Gasteiger partial charge in [0.05, 0.1) is 11.0 Å². The van der Waals surface area contributed by atoms with E-state index in [1.54, 1.807) is 18.2 Å². The summed E-state index contributed by atoms with van der Waals surface area (Å²) in [6.45, 7) is 1.92. The highest BCUT2D eigenvalue weighted by Crippen LogP contribution is 2.24. The zero-order valence-electron chi connectivity index (χ0n) is 8.43. The molecule has 1 unspecified atom stereocenters. The van der Waals surface area contributed by atoms with Crippen molar-refractivity contribution in [2.45, 2.75) is 19.4 Å². The molecule has 78 valence electrons. The SMILES string of the molecule is C#CC(CC)Nc1ccccc1[N+](=O)[O-]. The van der Waals surface area contributed by atoms with Gasteiger partial charge >= 0.3 is 0 Å². The normalized spacial score (nSPS) is 11.5. The van der Waals surface area contributed by atoms with Crippen molar-refractivity contribution in [2.24, 2.45) is 0 Å². The van der Waals surface area contributed by atoms with Crippen LogP contribution in [-0.4, -0.2) is 11.0 Å². The standard InChI is InChI=1S/C11H12N2O2/c1-3-9(4-2)12-10-7-5-6-8-11(10)13(14)15/h1,5-9,12H,4H2,2H3. The first-order chi connectivity index (χ1) is 7.19. The maximum absolute atomic E-state index is 10.7. The Kier molecular flexibility index (Phi) is 3.69. The molecule has 0 saturated heterocycles. The maximum atomic E-state index is 10.7. The fraction of sp³-hybridized carbons (Fsp3) is 0.273. The highest BCUT2D eigenvalue weighted by Gasteiger charge is 2.13. The predicted octanol–water partition coefficient (Wildman–Crippen LogP) is 2.42. The molecule has 1 aromatic rings. The first-order valence-corrected chi connectivity index (χ1v) is 4.65. The van der Waals surface area contributed by atoms with Crippen molar-refractivity contribution in [2.75, 3.05) is 5.32 Å². The lowest BCUT2D eigenvalue weighted by Crippen LogP contribution is -2.16. The van der Waals surface area contributed by atoms with Gasteiger partial charge in [0.15, 0.2) is 0 Å². The molecule has 1 aromatic carbocycles. The van der Waals surface area contributed by atoms with E-state index in [0.717, 1.165) is 6.42 Å². The van der Waals surface area contributed by atoms with Gasteiger partial charge in [-0.05, 0) is 12.5 Å². The quantitative estimate of drug-likeness (QED) is 0.465. The second-order valence-electron chi connectivity index (χ2n) is 3.05. The topological polar surface area (TPSA) is 55.2 Å². The first kappa shape index (κ1) is 11.1. The number of hydrogen-bond donors (Lipinski definition) is 1. The Morgan fingerprint density at radius 1 is 1.60 bits per heavy atom. The fourth-order valence-corrected chi connectivity index (χ4v) is 1.20. The molecular formula is C11H12N2O2. The van der Waals surface area contributed by atoms with Crippen LogP contribution < -0.4 is 5.32 Å². The van der Waals surface area contributed by atoms with Gasteiger partial charge in [0.1, 0.15) is 5.69 Å². The summed E-state index contributed by atoms with van der Waals surface area (Å²) in [6.07, 6.45) is 6.00. The molecule has 0 heterocycles. The molecule has 1 rings (SSSR count). The molecule has 0 radical (unpaired) electrons. The first-order valence-electron chi connectivity index (χ1n) is 4.65. The summed E-state index contributed by atoms with van der Waals surface area (Å²) in [5, 5.41) is 13.6. The van der Waals surface area contributed by atoms with Crippen LogP contribution in [0.2, 0.25) is 0 Å². The minimum Gasteiger partial charge on any atom is -0.366 e. The van der Waals surface area contributed by atoms with Crippen LogP contribution in [0.25, 0.3) is 0 Å². The molecule has 0 aromatic heterocycles. The molecule has 0 bridgehead atoms. The molecule has 0 spiro atoms. The van der Waals surface area contributed by atoms with Gasteiger partial charge < -0.3 is 5.32 Å². The van der Waals surface area contributed by atoms with Crippen LogP contribution in [0.1, 0.15) is 13.3 Å². The summed E-state index contributed by atoms with van der Waals surface area (Å²) in [5.41, 5.74) is 0.513. The van der Waals surface area contributed by atoms with E-state index in [1.165, 1.54) is 6.07 Å². The van der Waals surface area contributed by atoms with E-state index in [1.807, 2.05) is 6.92 Å². The molecule has 1 N–H and O–H groups in total. The zero-order valence-corrected chi connectivity index (χ0v) is 8.43. The van der Waals surface area contributed by atoms with Crippen molar-refractivity contribution < 1.29 is 4.92 Å². The predicted molar refractivity (Wildman–Crippen MR) is 59.6 cm³/mol. The Morgan fingerprint density at radius 2 is 2.27 bits per heavy atom. The van der Waals surface area contributed by atoms with Crippen LogP contribution in [0, 0.1) is 22.5 Å². The van der Waals surface area contributed by atoms with Crippen LogP contribution in [-0.2, 0) is 0 Å². The Hall–Kier alpha value is -2.02. The van der Waals surface area contributed by atoms with Crippen molar-refractivity contribution in [3.05, 3.63) is 34.4 Å². The van der Waals surface area contributed by atoms with Crippen molar-refractivity contribution >= 4 is 11.4 Å². The van der Waals surface area contributed by atoms with Crippen LogP contribution in [0.5, 0.6) is 0 Å². The van der Waals surface area contributed by atoms with Gasteiger partial charge in [0, 0.05) is 6.07 Å². The fourth-order valence-electron chi connectivity index (χ4n) is 1.20. The molecule has 4 heteroatoms. The molecule has 0 amide bonds. The number of para-hydroxylation sites is 2. The molecule has 15 heavy (non-hydrogen) atoms. The monoisotopic (exact) mass is 204 g/mol. The van der Waals surface area contributed by atoms with E-state index < -0.39 is 4.92 Å². The second-order valence-corrected chi connectivity index (χ2v) is 3.05. The molecule has 0 aliphatic rings. The Morgan fingerprint density at radius 3 is 2.80 bits per heavy atom. The van der Waals surface area contributed by atoms with Gasteiger partial charge in [-0.1, -0.05) is 25.0 Å². The summed E-state index contributed by atoms with van der Waals surface area (Å²) >= 11 is 0. The molecule has 0 aliphatic carbocycles. The Labute approximate surface area is 88.5 Å². The summed E-state index contributed by atoms with van der Waals surface area (Å²) in [6, 6.07) is 6.29. The summed E-state index contributed by atoms with van der Waals surface area (Å²) in [4.78, 5) is 10.3. The van der Waals surface area contributed by atoms with E-state index in [9.17, 15) is 10.1 Å². The third-order valence-electron chi connectivity index (χ3n) is 2.04. The van der Waals surface area contributed by atoms with Crippen molar-refractivity contribution in [3.63, 3.8) is 0 Å². The lowest BCUT2D eigenvalue weighted by Gasteiger charge is -2.11. The van der Waals surface area contributed by atoms with E-state index >= 15 is 0 Å². The number of hydrogen-bond acceptors (Lipinski definition) is 3. The van der Waals surface area contributed by atoms with E-state index in [2.05, 4.69) is 11.2 Å². The Balaban J connectivity index is 2.94. The van der Waals surface area contributed by atoms with Crippen LogP contribution in [0.15, 0.2) is 24.3 Å². The van der Waals surface area contributed by atoms with E-state index in [0.29, 0.717) is 5.69 Å². The van der Waals surface area contributed by atoms with Gasteiger partial charge in [-0.2, -0.15) is 0 Å².